The van der Waals surface area contributed by atoms with Crippen LogP contribution in [0.25, 0.3) is 11.5 Å². The van der Waals surface area contributed by atoms with Crippen molar-refractivity contribution < 1.29 is 18.8 Å². The second-order valence-corrected chi connectivity index (χ2v) is 6.60. The van der Waals surface area contributed by atoms with Crippen LogP contribution in [0, 0.1) is 4.84 Å². The van der Waals surface area contributed by atoms with Crippen molar-refractivity contribution in [3.63, 3.8) is 0 Å². The van der Waals surface area contributed by atoms with Gasteiger partial charge in [0.1, 0.15) is 6.54 Å². The molecule has 0 aliphatic rings. The van der Waals surface area contributed by atoms with Crippen molar-refractivity contribution in [2.45, 2.75) is 20.1 Å². The molecule has 0 aliphatic carbocycles. The van der Waals surface area contributed by atoms with Gasteiger partial charge in [0.15, 0.2) is 18.2 Å². The van der Waals surface area contributed by atoms with E-state index in [0.717, 1.165) is 29.2 Å². The van der Waals surface area contributed by atoms with E-state index in [1.165, 1.54) is 4.90 Å². The number of ether oxygens (including phenoxy) is 2. The van der Waals surface area contributed by atoms with Gasteiger partial charge in [0.25, 0.3) is 4.84 Å². The molecule has 0 amide bonds. The fourth-order valence-corrected chi connectivity index (χ4v) is 3.04. The van der Waals surface area contributed by atoms with Gasteiger partial charge >= 0.3 is 0 Å². The van der Waals surface area contributed by atoms with Crippen molar-refractivity contribution >= 4 is 12.2 Å². The standard InChI is InChI=1S/C20H23N3O3S/c1-4-25-17-11-10-15(12-18(17)24-3)13-22(2)14-23-20(27)26-19(21-23)16-8-6-5-7-9-16/h5-12H,4,13-14H2,1-3H3/p+1. The van der Waals surface area contributed by atoms with Crippen LogP contribution in [0.1, 0.15) is 12.5 Å². The van der Waals surface area contributed by atoms with Crippen molar-refractivity contribution in [1.82, 2.24) is 9.78 Å². The van der Waals surface area contributed by atoms with Gasteiger partial charge in [-0.1, -0.05) is 18.2 Å². The number of rotatable bonds is 8. The lowest BCUT2D eigenvalue weighted by molar-refractivity contribution is -0.917. The van der Waals surface area contributed by atoms with Gasteiger partial charge in [-0.3, -0.25) is 0 Å². The van der Waals surface area contributed by atoms with E-state index in [2.05, 4.69) is 18.2 Å². The number of hydrogen-bond donors (Lipinski definition) is 1. The maximum atomic E-state index is 5.65. The average Bonchev–Trinajstić information content (AvgIpc) is 3.04. The first-order valence-electron chi connectivity index (χ1n) is 8.85. The minimum atomic E-state index is 0.373. The zero-order valence-corrected chi connectivity index (χ0v) is 16.6. The molecule has 6 nitrogen and oxygen atoms in total. The Bertz CT molecular complexity index is 937. The number of nitrogens with one attached hydrogen (secondary N) is 1. The zero-order valence-electron chi connectivity index (χ0n) is 15.8. The molecular weight excluding hydrogens is 362 g/mol. The number of aromatic nitrogens is 2. The monoisotopic (exact) mass is 386 g/mol. The second-order valence-electron chi connectivity index (χ2n) is 6.25. The first kappa shape index (κ1) is 19.1. The highest BCUT2D eigenvalue weighted by atomic mass is 32.1. The highest BCUT2D eigenvalue weighted by Crippen LogP contribution is 2.27. The Morgan fingerprint density at radius 2 is 1.93 bits per heavy atom. The maximum Gasteiger partial charge on any atom is 0.292 e. The number of methoxy groups -OCH3 is 1. The fraction of sp³-hybridized carbons (Fsp3) is 0.300. The molecule has 0 saturated heterocycles. The maximum absolute atomic E-state index is 5.65. The van der Waals surface area contributed by atoms with Gasteiger partial charge in [-0.2, -0.15) is 4.68 Å². The van der Waals surface area contributed by atoms with Crippen LogP contribution in [0.3, 0.4) is 0 Å². The molecule has 2 aromatic carbocycles. The topological polar surface area (TPSA) is 53.9 Å². The molecule has 0 bridgehead atoms. The summed E-state index contributed by atoms with van der Waals surface area (Å²) in [5.74, 6) is 2.04. The first-order valence-corrected chi connectivity index (χ1v) is 9.26. The average molecular weight is 386 g/mol. The molecule has 0 spiro atoms. The van der Waals surface area contributed by atoms with E-state index in [9.17, 15) is 0 Å². The van der Waals surface area contributed by atoms with Crippen LogP contribution in [-0.2, 0) is 13.2 Å². The lowest BCUT2D eigenvalue weighted by Gasteiger charge is -2.15. The lowest BCUT2D eigenvalue weighted by Crippen LogP contribution is -3.07. The Balaban J connectivity index is 1.70. The zero-order chi connectivity index (χ0) is 19.2. The Hall–Kier alpha value is -2.64. The SMILES string of the molecule is CCOc1ccc(C[NH+](C)Cn2nc(-c3ccccc3)oc2=S)cc1OC. The molecule has 27 heavy (non-hydrogen) atoms. The number of quaternary nitrogens is 1. The van der Waals surface area contributed by atoms with Crippen LogP contribution in [0.5, 0.6) is 11.5 Å². The smallest absolute Gasteiger partial charge is 0.292 e. The van der Waals surface area contributed by atoms with E-state index in [-0.39, 0.29) is 0 Å². The lowest BCUT2D eigenvalue weighted by atomic mass is 10.2. The number of hydrogen-bond acceptors (Lipinski definition) is 5. The van der Waals surface area contributed by atoms with Gasteiger partial charge in [0.2, 0.25) is 5.89 Å². The molecule has 1 unspecified atom stereocenters. The quantitative estimate of drug-likeness (QED) is 0.603. The van der Waals surface area contributed by atoms with Crippen molar-refractivity contribution in [2.24, 2.45) is 0 Å². The third-order valence-corrected chi connectivity index (χ3v) is 4.37. The van der Waals surface area contributed by atoms with E-state index in [1.54, 1.807) is 11.8 Å². The van der Waals surface area contributed by atoms with E-state index in [0.29, 0.717) is 24.0 Å². The molecule has 0 aliphatic heterocycles. The summed E-state index contributed by atoms with van der Waals surface area (Å²) in [7, 11) is 3.74. The van der Waals surface area contributed by atoms with Crippen LogP contribution < -0.4 is 14.4 Å². The van der Waals surface area contributed by atoms with Crippen LogP contribution in [0.4, 0.5) is 0 Å². The summed E-state index contributed by atoms with van der Waals surface area (Å²) < 4.78 is 18.4. The minimum absolute atomic E-state index is 0.373. The van der Waals surface area contributed by atoms with Gasteiger partial charge in [0, 0.05) is 11.1 Å². The second kappa shape index (κ2) is 8.83. The summed E-state index contributed by atoms with van der Waals surface area (Å²) >= 11 is 5.33. The van der Waals surface area contributed by atoms with Crippen LogP contribution in [0.2, 0.25) is 0 Å². The molecule has 0 radical (unpaired) electrons. The van der Waals surface area contributed by atoms with Gasteiger partial charge < -0.3 is 18.8 Å². The van der Waals surface area contributed by atoms with Gasteiger partial charge in [-0.05, 0) is 49.5 Å². The molecule has 3 aromatic rings. The highest BCUT2D eigenvalue weighted by molar-refractivity contribution is 7.71. The molecule has 1 atom stereocenters. The molecule has 7 heteroatoms. The highest BCUT2D eigenvalue weighted by Gasteiger charge is 2.13. The van der Waals surface area contributed by atoms with E-state index >= 15 is 0 Å². The molecule has 142 valence electrons. The summed E-state index contributed by atoms with van der Waals surface area (Å²) in [6, 6.07) is 15.8. The van der Waals surface area contributed by atoms with Crippen LogP contribution in [-0.4, -0.2) is 30.5 Å². The van der Waals surface area contributed by atoms with Crippen LogP contribution >= 0.6 is 12.2 Å². The summed E-state index contributed by atoms with van der Waals surface area (Å²) in [4.78, 5) is 1.59. The molecule has 0 saturated carbocycles. The molecule has 0 fully saturated rings. The largest absolute Gasteiger partial charge is 0.493 e. The predicted octanol–water partition coefficient (Wildman–Crippen LogP) is 2.95. The van der Waals surface area contributed by atoms with Gasteiger partial charge in [0.05, 0.1) is 20.8 Å². The molecule has 1 N–H and O–H groups in total. The van der Waals surface area contributed by atoms with Crippen molar-refractivity contribution in [3.05, 3.63) is 58.9 Å². The van der Waals surface area contributed by atoms with Crippen molar-refractivity contribution in [2.75, 3.05) is 20.8 Å². The Morgan fingerprint density at radius 1 is 1.15 bits per heavy atom. The number of benzene rings is 2. The van der Waals surface area contributed by atoms with Crippen LogP contribution in [0.15, 0.2) is 52.9 Å². The van der Waals surface area contributed by atoms with Crippen molar-refractivity contribution in [3.8, 4) is 23.0 Å². The Morgan fingerprint density at radius 3 is 2.63 bits per heavy atom. The first-order chi connectivity index (χ1) is 13.1. The normalized spacial score (nSPS) is 12.0. The summed E-state index contributed by atoms with van der Waals surface area (Å²) in [5, 5.41) is 4.51. The molecule has 1 heterocycles. The van der Waals surface area contributed by atoms with Gasteiger partial charge in [-0.25, -0.2) is 0 Å². The van der Waals surface area contributed by atoms with E-state index in [4.69, 9.17) is 26.1 Å². The van der Waals surface area contributed by atoms with E-state index in [1.807, 2.05) is 49.4 Å². The predicted molar refractivity (Wildman–Crippen MR) is 106 cm³/mol. The van der Waals surface area contributed by atoms with Crippen molar-refractivity contribution in [1.29, 1.82) is 0 Å². The summed E-state index contributed by atoms with van der Waals surface area (Å²) in [6.07, 6.45) is 0. The number of nitrogens with zero attached hydrogens (tertiary/aromatic N) is 2. The molecule has 3 rings (SSSR count). The molecule has 1 aromatic heterocycles. The Kier molecular flexibility index (Phi) is 6.26. The van der Waals surface area contributed by atoms with E-state index < -0.39 is 0 Å². The Labute approximate surface area is 163 Å². The molecular formula is C20H24N3O3S+. The summed E-state index contributed by atoms with van der Waals surface area (Å²) in [5.41, 5.74) is 2.06. The summed E-state index contributed by atoms with van der Waals surface area (Å²) in [6.45, 7) is 3.95. The van der Waals surface area contributed by atoms with Gasteiger partial charge in [-0.15, -0.1) is 5.10 Å². The minimum Gasteiger partial charge on any atom is -0.493 e. The third kappa shape index (κ3) is 4.75. The fourth-order valence-electron chi connectivity index (χ4n) is 2.86. The third-order valence-electron chi connectivity index (χ3n) is 4.08.